The van der Waals surface area contributed by atoms with Crippen LogP contribution < -0.4 is 13.9 Å². The van der Waals surface area contributed by atoms with Crippen LogP contribution in [0.4, 0.5) is 0 Å². The van der Waals surface area contributed by atoms with Crippen molar-refractivity contribution in [2.24, 2.45) is 0 Å². The Kier molecular flexibility index (Phi) is 8.14. The van der Waals surface area contributed by atoms with Gasteiger partial charge in [0.15, 0.2) is 0 Å². The molecule has 42 heavy (non-hydrogen) atoms. The Morgan fingerprint density at radius 3 is 2.00 bits per heavy atom. The lowest BCUT2D eigenvalue weighted by Crippen LogP contribution is -2.30. The van der Waals surface area contributed by atoms with E-state index in [9.17, 15) is 0 Å². The van der Waals surface area contributed by atoms with Crippen molar-refractivity contribution in [2.45, 2.75) is 37.6 Å². The van der Waals surface area contributed by atoms with Gasteiger partial charge in [-0.15, -0.1) is 21.1 Å². The van der Waals surface area contributed by atoms with Gasteiger partial charge in [0.1, 0.15) is 30.2 Å². The van der Waals surface area contributed by atoms with Gasteiger partial charge in [0, 0.05) is 20.8 Å². The lowest BCUT2D eigenvalue weighted by atomic mass is 10.1. The molecule has 0 bridgehead atoms. The molecule has 0 fully saturated rings. The summed E-state index contributed by atoms with van der Waals surface area (Å²) >= 11 is 1.82. The summed E-state index contributed by atoms with van der Waals surface area (Å²) < 4.78 is 13.4. The molecule has 0 aliphatic heterocycles. The van der Waals surface area contributed by atoms with E-state index in [1.54, 1.807) is 7.11 Å². The lowest BCUT2D eigenvalue weighted by molar-refractivity contribution is -0.599. The maximum absolute atomic E-state index is 5.29. The van der Waals surface area contributed by atoms with Gasteiger partial charge in [-0.05, 0) is 72.0 Å². The number of methoxy groups -OCH3 is 1. The first-order valence-electron chi connectivity index (χ1n) is 13.9. The zero-order valence-corrected chi connectivity index (χ0v) is 24.9. The predicted octanol–water partition coefficient (Wildman–Crippen LogP) is 5.65. The Labute approximate surface area is 250 Å². The summed E-state index contributed by atoms with van der Waals surface area (Å²) in [4.78, 5) is 1.21. The van der Waals surface area contributed by atoms with Gasteiger partial charge in [-0.3, -0.25) is 0 Å². The van der Waals surface area contributed by atoms with Gasteiger partial charge in [0.25, 0.3) is 12.7 Å². The summed E-state index contributed by atoms with van der Waals surface area (Å²) in [6, 6.07) is 31.7. The van der Waals surface area contributed by atoms with Crippen LogP contribution >= 0.6 is 11.8 Å². The molecule has 4 aromatic carbocycles. The average molecular weight is 575 g/mol. The van der Waals surface area contributed by atoms with E-state index >= 15 is 0 Å². The van der Waals surface area contributed by atoms with Gasteiger partial charge in [-0.25, -0.2) is 9.13 Å². The summed E-state index contributed by atoms with van der Waals surface area (Å²) in [5.74, 6) is 1.75. The number of aryl methyl sites for hydroxylation is 2. The molecule has 2 aromatic heterocycles. The summed E-state index contributed by atoms with van der Waals surface area (Å²) in [7, 11) is 1.69. The normalized spacial score (nSPS) is 11.1. The van der Waals surface area contributed by atoms with Crippen LogP contribution in [0, 0.1) is 13.8 Å². The Morgan fingerprint density at radius 2 is 1.31 bits per heavy atom. The van der Waals surface area contributed by atoms with Crippen LogP contribution in [0.1, 0.15) is 27.8 Å². The van der Waals surface area contributed by atoms with E-state index < -0.39 is 0 Å². The fraction of sp³-hybridized carbons (Fsp3) is 0.176. The van der Waals surface area contributed by atoms with Crippen LogP contribution in [-0.4, -0.2) is 26.7 Å². The second kappa shape index (κ2) is 12.4. The molecule has 0 amide bonds. The van der Waals surface area contributed by atoms with Crippen molar-refractivity contribution < 1.29 is 13.9 Å². The van der Waals surface area contributed by atoms with Crippen molar-refractivity contribution >= 4 is 11.8 Å². The summed E-state index contributed by atoms with van der Waals surface area (Å²) in [6.07, 6.45) is 7.88. The summed E-state index contributed by atoms with van der Waals surface area (Å²) in [6.45, 7) is 5.65. The molecule has 6 rings (SSSR count). The van der Waals surface area contributed by atoms with Gasteiger partial charge < -0.3 is 4.74 Å². The minimum Gasteiger partial charge on any atom is -0.497 e. The highest BCUT2D eigenvalue weighted by molar-refractivity contribution is 7.98. The number of ether oxygens (including phenoxy) is 1. The maximum Gasteiger partial charge on any atom is 0.270 e. The smallest absolute Gasteiger partial charge is 0.270 e. The number of hydrogen-bond donors (Lipinski definition) is 0. The highest BCUT2D eigenvalue weighted by atomic mass is 32.2. The molecule has 0 aliphatic rings. The van der Waals surface area contributed by atoms with Crippen molar-refractivity contribution in [1.29, 1.82) is 0 Å². The number of para-hydroxylation sites is 2. The first-order chi connectivity index (χ1) is 20.6. The van der Waals surface area contributed by atoms with Gasteiger partial charge in [-0.1, -0.05) is 60.7 Å². The number of hydrogen-bond acceptors (Lipinski definition) is 4. The second-order valence-electron chi connectivity index (χ2n) is 10.4. The van der Waals surface area contributed by atoms with E-state index in [1.807, 2.05) is 45.9 Å². The highest BCUT2D eigenvalue weighted by Gasteiger charge is 2.15. The third-order valence-corrected chi connectivity index (χ3v) is 8.37. The fourth-order valence-corrected chi connectivity index (χ4v) is 6.15. The number of aromatic nitrogens is 6. The molecule has 6 aromatic rings. The topological polar surface area (TPSA) is 52.6 Å². The molecule has 0 N–H and O–H groups in total. The Bertz CT molecular complexity index is 1790. The average Bonchev–Trinajstić information content (AvgIpc) is 3.66. The molecular formula is C34H34N6OS+2. The molecule has 7 nitrogen and oxygen atoms in total. The van der Waals surface area contributed by atoms with E-state index in [4.69, 9.17) is 4.74 Å². The minimum absolute atomic E-state index is 0.684. The maximum atomic E-state index is 5.29. The third-order valence-electron chi connectivity index (χ3n) is 7.24. The Morgan fingerprint density at radius 1 is 0.690 bits per heavy atom. The van der Waals surface area contributed by atoms with Gasteiger partial charge in [0.2, 0.25) is 12.7 Å². The standard InChI is InChI=1S/C34H34N6OS/c1-26-8-6-9-27(2)34(26)38-23-36-40(25-38)20-30-11-7-10-29(18-30)19-39-24-37(22-35-39)32-12-4-5-13-33(32)42-21-28-14-16-31(41-3)17-15-28/h4-18,22-25H,19-21H2,1-3H3/q+2. The van der Waals surface area contributed by atoms with E-state index in [1.165, 1.54) is 38.4 Å². The molecule has 0 saturated carbocycles. The molecule has 0 unspecified atom stereocenters. The van der Waals surface area contributed by atoms with Crippen LogP contribution in [0.25, 0.3) is 11.4 Å². The molecule has 8 heteroatoms. The molecule has 0 atom stereocenters. The Hall–Kier alpha value is -4.69. The van der Waals surface area contributed by atoms with Gasteiger partial charge >= 0.3 is 0 Å². The van der Waals surface area contributed by atoms with E-state index in [2.05, 4.69) is 125 Å². The monoisotopic (exact) mass is 574 g/mol. The molecule has 0 saturated heterocycles. The highest BCUT2D eigenvalue weighted by Crippen LogP contribution is 2.27. The first kappa shape index (κ1) is 27.5. The van der Waals surface area contributed by atoms with Crippen LogP contribution in [0.3, 0.4) is 0 Å². The fourth-order valence-electron chi connectivity index (χ4n) is 5.14. The van der Waals surface area contributed by atoms with E-state index in [0.29, 0.717) is 13.1 Å². The van der Waals surface area contributed by atoms with Crippen molar-refractivity contribution in [1.82, 2.24) is 19.6 Å². The summed E-state index contributed by atoms with van der Waals surface area (Å²) in [5.41, 5.74) is 8.42. The number of thioether (sulfide) groups is 1. The van der Waals surface area contributed by atoms with Crippen LogP contribution in [0.2, 0.25) is 0 Å². The zero-order chi connectivity index (χ0) is 28.9. The molecule has 2 heterocycles. The quantitative estimate of drug-likeness (QED) is 0.157. The largest absolute Gasteiger partial charge is 0.497 e. The summed E-state index contributed by atoms with van der Waals surface area (Å²) in [5, 5.41) is 9.29. The van der Waals surface area contributed by atoms with E-state index in [-0.39, 0.29) is 0 Å². The van der Waals surface area contributed by atoms with Gasteiger partial charge in [-0.2, -0.15) is 0 Å². The lowest BCUT2D eigenvalue weighted by Gasteiger charge is -2.07. The molecule has 0 aliphatic carbocycles. The van der Waals surface area contributed by atoms with Crippen molar-refractivity contribution in [2.75, 3.05) is 7.11 Å². The zero-order valence-electron chi connectivity index (χ0n) is 24.1. The second-order valence-corrected chi connectivity index (χ2v) is 11.4. The number of nitrogens with zero attached hydrogens (tertiary/aromatic N) is 6. The van der Waals surface area contributed by atoms with Crippen molar-refractivity contribution in [3.63, 3.8) is 0 Å². The molecule has 0 radical (unpaired) electrons. The van der Waals surface area contributed by atoms with Crippen LogP contribution in [0.15, 0.2) is 121 Å². The number of rotatable bonds is 10. The minimum atomic E-state index is 0.684. The van der Waals surface area contributed by atoms with Crippen molar-refractivity contribution in [3.05, 3.63) is 144 Å². The first-order valence-corrected chi connectivity index (χ1v) is 14.9. The Balaban J connectivity index is 1.13. The third kappa shape index (κ3) is 6.29. The molecular weight excluding hydrogens is 540 g/mol. The predicted molar refractivity (Wildman–Crippen MR) is 164 cm³/mol. The van der Waals surface area contributed by atoms with E-state index in [0.717, 1.165) is 17.2 Å². The van der Waals surface area contributed by atoms with Crippen molar-refractivity contribution in [3.8, 4) is 17.1 Å². The SMILES string of the molecule is COc1ccc(CSc2ccccc2-[n+]2cnn(Cc3cccc(Cn4c[n+](-c5c(C)cccc5C)cn4)c3)c2)cc1. The van der Waals surface area contributed by atoms with Crippen LogP contribution in [0.5, 0.6) is 5.75 Å². The molecule has 0 spiro atoms. The molecule has 210 valence electrons. The number of benzene rings is 4. The van der Waals surface area contributed by atoms with Crippen LogP contribution in [-0.2, 0) is 18.8 Å². The van der Waals surface area contributed by atoms with Gasteiger partial charge in [0.05, 0.1) is 7.11 Å².